The van der Waals surface area contributed by atoms with Gasteiger partial charge in [-0.2, -0.15) is 5.10 Å². The van der Waals surface area contributed by atoms with Crippen molar-refractivity contribution in [2.75, 3.05) is 11.9 Å². The van der Waals surface area contributed by atoms with E-state index in [9.17, 15) is 14.4 Å². The SMILES string of the molecule is CC(C)[C@H](CC(=O)O)NC(=O)Cn1cc(NC(=O)OCC2c3ccccc3-c3ccccc32)cn1. The molecular formula is C26H28N4O5. The summed E-state index contributed by atoms with van der Waals surface area (Å²) in [6, 6.07) is 15.7. The van der Waals surface area contributed by atoms with E-state index in [-0.39, 0.29) is 37.3 Å². The Morgan fingerprint density at radius 1 is 1.06 bits per heavy atom. The lowest BCUT2D eigenvalue weighted by atomic mass is 9.98. The standard InChI is InChI=1S/C26H28N4O5/c1-16(2)23(11-25(32)33)29-24(31)14-30-13-17(12-27-30)28-26(34)35-15-22-20-9-5-3-7-18(20)19-8-4-6-10-21(19)22/h3-10,12-13,16,22-23H,11,14-15H2,1-2H3,(H,28,34)(H,29,31)(H,32,33)/t23-/m0/s1. The second-order valence-corrected chi connectivity index (χ2v) is 8.89. The van der Waals surface area contributed by atoms with Gasteiger partial charge >= 0.3 is 12.1 Å². The first kappa shape index (κ1) is 24.0. The van der Waals surface area contributed by atoms with Gasteiger partial charge in [0.15, 0.2) is 0 Å². The van der Waals surface area contributed by atoms with Crippen molar-refractivity contribution in [3.8, 4) is 11.1 Å². The van der Waals surface area contributed by atoms with Crippen LogP contribution >= 0.6 is 0 Å². The fraction of sp³-hybridized carbons (Fsp3) is 0.308. The van der Waals surface area contributed by atoms with Crippen LogP contribution in [0.4, 0.5) is 10.5 Å². The van der Waals surface area contributed by atoms with Gasteiger partial charge in [0, 0.05) is 18.2 Å². The van der Waals surface area contributed by atoms with Crippen molar-refractivity contribution in [2.45, 2.75) is 38.8 Å². The zero-order valence-corrected chi connectivity index (χ0v) is 19.6. The molecule has 0 aliphatic heterocycles. The minimum Gasteiger partial charge on any atom is -0.481 e. The Kier molecular flexibility index (Phi) is 7.14. The molecule has 9 nitrogen and oxygen atoms in total. The van der Waals surface area contributed by atoms with Crippen molar-refractivity contribution < 1.29 is 24.2 Å². The highest BCUT2D eigenvalue weighted by molar-refractivity contribution is 5.85. The van der Waals surface area contributed by atoms with Crippen LogP contribution in [0.5, 0.6) is 0 Å². The number of carboxylic acid groups (broad SMARTS) is 1. The lowest BCUT2D eigenvalue weighted by Gasteiger charge is -2.20. The largest absolute Gasteiger partial charge is 0.481 e. The number of aromatic nitrogens is 2. The summed E-state index contributed by atoms with van der Waals surface area (Å²) in [4.78, 5) is 35.8. The minimum absolute atomic E-state index is 0.0292. The Morgan fingerprint density at radius 2 is 1.69 bits per heavy atom. The third-order valence-corrected chi connectivity index (χ3v) is 6.07. The molecule has 1 aromatic heterocycles. The predicted molar refractivity (Wildman–Crippen MR) is 130 cm³/mol. The van der Waals surface area contributed by atoms with Crippen molar-refractivity contribution >= 4 is 23.7 Å². The minimum atomic E-state index is -0.974. The Bertz CT molecular complexity index is 1190. The number of carboxylic acids is 1. The van der Waals surface area contributed by atoms with E-state index in [2.05, 4.69) is 40.0 Å². The van der Waals surface area contributed by atoms with Crippen LogP contribution in [0.1, 0.15) is 37.3 Å². The van der Waals surface area contributed by atoms with Gasteiger partial charge in [-0.15, -0.1) is 0 Å². The molecule has 2 aromatic carbocycles. The summed E-state index contributed by atoms with van der Waals surface area (Å²) >= 11 is 0. The van der Waals surface area contributed by atoms with Gasteiger partial charge in [-0.1, -0.05) is 62.4 Å². The van der Waals surface area contributed by atoms with E-state index in [1.807, 2.05) is 38.1 Å². The van der Waals surface area contributed by atoms with Gasteiger partial charge in [0.2, 0.25) is 5.91 Å². The topological polar surface area (TPSA) is 123 Å². The van der Waals surface area contributed by atoms with Crippen LogP contribution in [-0.2, 0) is 20.9 Å². The first-order chi connectivity index (χ1) is 16.8. The molecule has 182 valence electrons. The maximum Gasteiger partial charge on any atom is 0.411 e. The molecule has 3 aromatic rings. The van der Waals surface area contributed by atoms with E-state index in [0.717, 1.165) is 22.3 Å². The number of nitrogens with one attached hydrogen (secondary N) is 2. The highest BCUT2D eigenvalue weighted by Gasteiger charge is 2.29. The van der Waals surface area contributed by atoms with Crippen molar-refractivity contribution in [3.63, 3.8) is 0 Å². The van der Waals surface area contributed by atoms with E-state index in [1.165, 1.54) is 17.1 Å². The third kappa shape index (κ3) is 5.68. The van der Waals surface area contributed by atoms with Crippen molar-refractivity contribution in [2.24, 2.45) is 5.92 Å². The smallest absolute Gasteiger partial charge is 0.411 e. The molecule has 0 fully saturated rings. The Hall–Kier alpha value is -4.14. The summed E-state index contributed by atoms with van der Waals surface area (Å²) in [5.74, 6) is -1.41. The van der Waals surface area contributed by atoms with Crippen molar-refractivity contribution in [3.05, 3.63) is 72.1 Å². The first-order valence-electron chi connectivity index (χ1n) is 11.5. The molecule has 0 bridgehead atoms. The quantitative estimate of drug-likeness (QED) is 0.431. The normalized spacial score (nSPS) is 13.1. The van der Waals surface area contributed by atoms with Gasteiger partial charge in [0.1, 0.15) is 13.2 Å². The van der Waals surface area contributed by atoms with E-state index in [0.29, 0.717) is 5.69 Å². The number of amides is 2. The predicted octanol–water partition coefficient (Wildman–Crippen LogP) is 3.86. The summed E-state index contributed by atoms with van der Waals surface area (Å²) < 4.78 is 6.90. The average molecular weight is 477 g/mol. The lowest BCUT2D eigenvalue weighted by Crippen LogP contribution is -2.41. The second-order valence-electron chi connectivity index (χ2n) is 8.89. The molecule has 3 N–H and O–H groups in total. The molecule has 9 heteroatoms. The van der Waals surface area contributed by atoms with Crippen LogP contribution in [0.15, 0.2) is 60.9 Å². The lowest BCUT2D eigenvalue weighted by molar-refractivity contribution is -0.138. The fourth-order valence-electron chi connectivity index (χ4n) is 4.31. The number of nitrogens with zero attached hydrogens (tertiary/aromatic N) is 2. The molecule has 0 unspecified atom stereocenters. The van der Waals surface area contributed by atoms with Crippen molar-refractivity contribution in [1.29, 1.82) is 0 Å². The van der Waals surface area contributed by atoms with Gasteiger partial charge in [-0.25, -0.2) is 4.79 Å². The third-order valence-electron chi connectivity index (χ3n) is 6.07. The molecule has 2 amide bonds. The Labute approximate surface area is 203 Å². The highest BCUT2D eigenvalue weighted by Crippen LogP contribution is 2.44. The first-order valence-corrected chi connectivity index (χ1v) is 11.5. The van der Waals surface area contributed by atoms with Crippen LogP contribution in [0, 0.1) is 5.92 Å². The highest BCUT2D eigenvalue weighted by atomic mass is 16.5. The maximum absolute atomic E-state index is 12.4. The maximum atomic E-state index is 12.4. The molecule has 35 heavy (non-hydrogen) atoms. The van der Waals surface area contributed by atoms with Gasteiger partial charge in [-0.3, -0.25) is 19.6 Å². The van der Waals surface area contributed by atoms with E-state index >= 15 is 0 Å². The molecule has 0 spiro atoms. The van der Waals surface area contributed by atoms with Gasteiger partial charge in [0.25, 0.3) is 0 Å². The van der Waals surface area contributed by atoms with Crippen LogP contribution < -0.4 is 10.6 Å². The molecule has 0 saturated carbocycles. The summed E-state index contributed by atoms with van der Waals surface area (Å²) in [7, 11) is 0. The second kappa shape index (κ2) is 10.4. The Balaban J connectivity index is 1.31. The van der Waals surface area contributed by atoms with Gasteiger partial charge < -0.3 is 15.2 Å². The molecule has 1 heterocycles. The number of aliphatic carboxylic acids is 1. The van der Waals surface area contributed by atoms with Gasteiger partial charge in [0.05, 0.1) is 18.3 Å². The zero-order valence-electron chi connectivity index (χ0n) is 19.6. The number of ether oxygens (including phenoxy) is 1. The summed E-state index contributed by atoms with van der Waals surface area (Å²) in [6.07, 6.45) is 2.17. The number of carbonyl (C=O) groups is 3. The monoisotopic (exact) mass is 476 g/mol. The van der Waals surface area contributed by atoms with Crippen LogP contribution in [0.3, 0.4) is 0 Å². The summed E-state index contributed by atoms with van der Waals surface area (Å²) in [5, 5.41) is 18.5. The van der Waals surface area contributed by atoms with E-state index in [1.54, 1.807) is 0 Å². The number of hydrogen-bond donors (Lipinski definition) is 3. The van der Waals surface area contributed by atoms with E-state index in [4.69, 9.17) is 9.84 Å². The number of carbonyl (C=O) groups excluding carboxylic acids is 2. The zero-order chi connectivity index (χ0) is 24.9. The van der Waals surface area contributed by atoms with Crippen molar-refractivity contribution in [1.82, 2.24) is 15.1 Å². The molecule has 1 aliphatic carbocycles. The van der Waals surface area contributed by atoms with Crippen LogP contribution in [0.25, 0.3) is 11.1 Å². The van der Waals surface area contributed by atoms with E-state index < -0.39 is 18.1 Å². The number of fused-ring (bicyclic) bond motifs is 3. The summed E-state index contributed by atoms with van der Waals surface area (Å²) in [5.41, 5.74) is 4.95. The number of rotatable bonds is 9. The molecule has 1 atom stereocenters. The number of benzene rings is 2. The molecule has 1 aliphatic rings. The van der Waals surface area contributed by atoms with Crippen LogP contribution in [-0.4, -0.2) is 45.5 Å². The van der Waals surface area contributed by atoms with Gasteiger partial charge in [-0.05, 0) is 28.2 Å². The fourth-order valence-corrected chi connectivity index (χ4v) is 4.31. The number of anilines is 1. The Morgan fingerprint density at radius 3 is 2.29 bits per heavy atom. The van der Waals surface area contributed by atoms with Crippen LogP contribution in [0.2, 0.25) is 0 Å². The number of hydrogen-bond acceptors (Lipinski definition) is 5. The average Bonchev–Trinajstić information content (AvgIpc) is 3.38. The molecular weight excluding hydrogens is 448 g/mol. The summed E-state index contributed by atoms with van der Waals surface area (Å²) in [6.45, 7) is 3.78. The molecule has 0 radical (unpaired) electrons. The molecule has 4 rings (SSSR count). The molecule has 0 saturated heterocycles.